The molecule has 0 saturated heterocycles. The maximum absolute atomic E-state index is 6.02. The van der Waals surface area contributed by atoms with Gasteiger partial charge in [-0.25, -0.2) is 4.99 Å². The molecule has 5 nitrogen and oxygen atoms in total. The van der Waals surface area contributed by atoms with Gasteiger partial charge in [0.1, 0.15) is 5.84 Å². The van der Waals surface area contributed by atoms with E-state index in [0.29, 0.717) is 0 Å². The van der Waals surface area contributed by atoms with Crippen LogP contribution in [0.3, 0.4) is 0 Å². The summed E-state index contributed by atoms with van der Waals surface area (Å²) in [7, 11) is 1.85. The molecule has 5 heteroatoms. The summed E-state index contributed by atoms with van der Waals surface area (Å²) in [6.07, 6.45) is 0. The van der Waals surface area contributed by atoms with Crippen molar-refractivity contribution in [2.24, 2.45) is 21.5 Å². The van der Waals surface area contributed by atoms with Gasteiger partial charge in [0, 0.05) is 12.6 Å². The van der Waals surface area contributed by atoms with Crippen LogP contribution in [0.2, 0.25) is 0 Å². The van der Waals surface area contributed by atoms with Gasteiger partial charge in [-0.2, -0.15) is 4.99 Å². The number of aliphatic imine (C=N–C) groups is 2. The predicted molar refractivity (Wildman–Crippen MR) is 65.0 cm³/mol. The average molecular weight is 217 g/mol. The molecule has 1 unspecified atom stereocenters. The summed E-state index contributed by atoms with van der Waals surface area (Å²) in [4.78, 5) is 10.1. The molecule has 4 N–H and O–H groups in total. The van der Waals surface area contributed by atoms with Crippen LogP contribution in [0.4, 0.5) is 0 Å². The fraction of sp³-hybridized carbons (Fsp3) is 0.273. The highest BCUT2D eigenvalue weighted by molar-refractivity contribution is 6.06. The smallest absolute Gasteiger partial charge is 0.220 e. The Morgan fingerprint density at radius 1 is 1.25 bits per heavy atom. The zero-order valence-corrected chi connectivity index (χ0v) is 9.38. The quantitative estimate of drug-likeness (QED) is 0.711. The zero-order chi connectivity index (χ0) is 11.8. The van der Waals surface area contributed by atoms with Gasteiger partial charge in [0.15, 0.2) is 5.79 Å². The Morgan fingerprint density at radius 2 is 1.88 bits per heavy atom. The maximum atomic E-state index is 6.02. The molecule has 0 bridgehead atoms. The monoisotopic (exact) mass is 217 g/mol. The topological polar surface area (TPSA) is 80.0 Å². The van der Waals surface area contributed by atoms with Crippen molar-refractivity contribution in [1.82, 2.24) is 4.90 Å². The highest BCUT2D eigenvalue weighted by Gasteiger charge is 2.30. The Kier molecular flexibility index (Phi) is 2.40. The summed E-state index contributed by atoms with van der Waals surface area (Å²) < 4.78 is 0. The molecule has 0 fully saturated rings. The van der Waals surface area contributed by atoms with Crippen LogP contribution in [0.1, 0.15) is 12.5 Å². The van der Waals surface area contributed by atoms with E-state index in [4.69, 9.17) is 11.5 Å². The van der Waals surface area contributed by atoms with Gasteiger partial charge in [-0.05, 0) is 6.92 Å². The lowest BCUT2D eigenvalue weighted by molar-refractivity contribution is 0.245. The molecule has 84 valence electrons. The van der Waals surface area contributed by atoms with Gasteiger partial charge in [0.05, 0.1) is 0 Å². The number of nitrogens with two attached hydrogens (primary N) is 2. The SMILES string of the molecule is CN1C(c2ccccc2)=NC(N)=NC1(C)N. The van der Waals surface area contributed by atoms with Gasteiger partial charge in [-0.15, -0.1) is 0 Å². The van der Waals surface area contributed by atoms with E-state index in [1.165, 1.54) is 0 Å². The second-order valence-electron chi connectivity index (χ2n) is 3.92. The van der Waals surface area contributed by atoms with E-state index in [2.05, 4.69) is 9.98 Å². The van der Waals surface area contributed by atoms with Crippen LogP contribution < -0.4 is 11.5 Å². The second kappa shape index (κ2) is 3.61. The van der Waals surface area contributed by atoms with Crippen LogP contribution in [0.15, 0.2) is 40.3 Å². The predicted octanol–water partition coefficient (Wildman–Crippen LogP) is 0.326. The molecule has 1 aromatic carbocycles. The molecule has 0 amide bonds. The fourth-order valence-electron chi connectivity index (χ4n) is 1.58. The van der Waals surface area contributed by atoms with Gasteiger partial charge in [-0.1, -0.05) is 30.3 Å². The molecule has 0 radical (unpaired) electrons. The van der Waals surface area contributed by atoms with Crippen molar-refractivity contribution in [2.75, 3.05) is 7.05 Å². The zero-order valence-electron chi connectivity index (χ0n) is 9.38. The van der Waals surface area contributed by atoms with Crippen LogP contribution in [0.5, 0.6) is 0 Å². The highest BCUT2D eigenvalue weighted by Crippen LogP contribution is 2.17. The number of benzene rings is 1. The molecular formula is C11H15N5. The van der Waals surface area contributed by atoms with Crippen molar-refractivity contribution in [3.8, 4) is 0 Å². The van der Waals surface area contributed by atoms with Crippen molar-refractivity contribution >= 4 is 11.8 Å². The summed E-state index contributed by atoms with van der Waals surface area (Å²) in [5, 5.41) is 0. The average Bonchev–Trinajstić information content (AvgIpc) is 2.24. The lowest BCUT2D eigenvalue weighted by atomic mass is 10.1. The molecule has 0 aromatic heterocycles. The van der Waals surface area contributed by atoms with E-state index in [1.807, 2.05) is 37.4 Å². The van der Waals surface area contributed by atoms with E-state index in [1.54, 1.807) is 11.8 Å². The molecular weight excluding hydrogens is 202 g/mol. The number of hydrogen-bond acceptors (Lipinski definition) is 5. The molecule has 0 aliphatic carbocycles. The first-order chi connectivity index (χ1) is 7.50. The summed E-state index contributed by atoms with van der Waals surface area (Å²) in [5.74, 6) is 0.0943. The molecule has 1 heterocycles. The van der Waals surface area contributed by atoms with Crippen molar-refractivity contribution in [3.05, 3.63) is 35.9 Å². The standard InChI is InChI=1S/C11H15N5/c1-11(13)15-10(12)14-9(16(11)2)8-6-4-3-5-7-8/h3-7H,13H2,1-2H3,(H2,12,15). The first-order valence-electron chi connectivity index (χ1n) is 5.03. The van der Waals surface area contributed by atoms with Gasteiger partial charge in [0.25, 0.3) is 0 Å². The van der Waals surface area contributed by atoms with E-state index in [-0.39, 0.29) is 5.96 Å². The fourth-order valence-corrected chi connectivity index (χ4v) is 1.58. The van der Waals surface area contributed by atoms with E-state index >= 15 is 0 Å². The van der Waals surface area contributed by atoms with E-state index in [0.717, 1.165) is 11.4 Å². The summed E-state index contributed by atoms with van der Waals surface area (Å²) in [6, 6.07) is 9.77. The lowest BCUT2D eigenvalue weighted by Crippen LogP contribution is -2.56. The number of amidine groups is 1. The number of nitrogens with zero attached hydrogens (tertiary/aromatic N) is 3. The Hall–Kier alpha value is -1.88. The second-order valence-corrected chi connectivity index (χ2v) is 3.92. The third-order valence-electron chi connectivity index (χ3n) is 2.59. The van der Waals surface area contributed by atoms with Crippen LogP contribution in [-0.2, 0) is 0 Å². The normalized spacial score (nSPS) is 25.1. The van der Waals surface area contributed by atoms with Crippen LogP contribution in [-0.4, -0.2) is 29.5 Å². The third-order valence-corrected chi connectivity index (χ3v) is 2.59. The molecule has 1 aliphatic heterocycles. The molecule has 2 rings (SSSR count). The molecule has 1 aliphatic rings. The Labute approximate surface area is 94.5 Å². The summed E-state index contributed by atoms with van der Waals surface area (Å²) >= 11 is 0. The summed E-state index contributed by atoms with van der Waals surface area (Å²) in [5.41, 5.74) is 12.6. The molecule has 1 aromatic rings. The largest absolute Gasteiger partial charge is 0.368 e. The van der Waals surface area contributed by atoms with Crippen molar-refractivity contribution in [1.29, 1.82) is 0 Å². The first-order valence-corrected chi connectivity index (χ1v) is 5.03. The van der Waals surface area contributed by atoms with E-state index in [9.17, 15) is 0 Å². The maximum Gasteiger partial charge on any atom is 0.220 e. The van der Waals surface area contributed by atoms with Crippen molar-refractivity contribution in [3.63, 3.8) is 0 Å². The number of guanidine groups is 1. The first kappa shape index (κ1) is 10.6. The highest BCUT2D eigenvalue weighted by atomic mass is 15.4. The van der Waals surface area contributed by atoms with Gasteiger partial charge in [-0.3, -0.25) is 5.73 Å². The third kappa shape index (κ3) is 1.77. The Morgan fingerprint density at radius 3 is 2.50 bits per heavy atom. The van der Waals surface area contributed by atoms with Crippen LogP contribution in [0, 0.1) is 0 Å². The number of hydrogen-bond donors (Lipinski definition) is 2. The van der Waals surface area contributed by atoms with Crippen molar-refractivity contribution in [2.45, 2.75) is 12.7 Å². The molecule has 0 saturated carbocycles. The van der Waals surface area contributed by atoms with Gasteiger partial charge < -0.3 is 10.6 Å². The minimum Gasteiger partial charge on any atom is -0.368 e. The minimum atomic E-state index is -0.850. The van der Waals surface area contributed by atoms with E-state index < -0.39 is 5.79 Å². The molecule has 0 spiro atoms. The lowest BCUT2D eigenvalue weighted by Gasteiger charge is -2.36. The van der Waals surface area contributed by atoms with Crippen LogP contribution >= 0.6 is 0 Å². The van der Waals surface area contributed by atoms with Crippen molar-refractivity contribution < 1.29 is 0 Å². The Bertz CT molecular complexity index is 447. The van der Waals surface area contributed by atoms with Gasteiger partial charge in [0.2, 0.25) is 5.96 Å². The number of rotatable bonds is 1. The summed E-state index contributed by atoms with van der Waals surface area (Å²) in [6.45, 7) is 1.79. The van der Waals surface area contributed by atoms with Gasteiger partial charge >= 0.3 is 0 Å². The van der Waals surface area contributed by atoms with Crippen LogP contribution in [0.25, 0.3) is 0 Å². The minimum absolute atomic E-state index is 0.210. The Balaban J connectivity index is 2.46. The molecule has 1 atom stereocenters. The molecule has 16 heavy (non-hydrogen) atoms.